The van der Waals surface area contributed by atoms with Crippen LogP contribution in [0.1, 0.15) is 23.9 Å². The fraction of sp³-hybridized carbons (Fsp3) is 0.333. The summed E-state index contributed by atoms with van der Waals surface area (Å²) in [5, 5.41) is 0. The Morgan fingerprint density at radius 3 is 2.89 bits per heavy atom. The molecule has 96 valence electrons. The molecule has 0 aliphatic carbocycles. The Kier molecular flexibility index (Phi) is 4.68. The molecule has 6 heteroatoms. The van der Waals surface area contributed by atoms with Crippen LogP contribution in [0, 0.1) is 5.82 Å². The Morgan fingerprint density at radius 1 is 1.44 bits per heavy atom. The van der Waals surface area contributed by atoms with Gasteiger partial charge in [-0.05, 0) is 28.7 Å². The van der Waals surface area contributed by atoms with Gasteiger partial charge in [-0.3, -0.25) is 0 Å². The van der Waals surface area contributed by atoms with Crippen molar-refractivity contribution in [2.45, 2.75) is 30.0 Å². The first kappa shape index (κ1) is 13.5. The summed E-state index contributed by atoms with van der Waals surface area (Å²) < 4.78 is 18.8. The van der Waals surface area contributed by atoms with Gasteiger partial charge in [0, 0.05) is 18.7 Å². The van der Waals surface area contributed by atoms with Gasteiger partial charge >= 0.3 is 0 Å². The van der Waals surface area contributed by atoms with Crippen molar-refractivity contribution >= 4 is 23.3 Å². The van der Waals surface area contributed by atoms with Crippen molar-refractivity contribution in [3.63, 3.8) is 0 Å². The van der Waals surface area contributed by atoms with Crippen LogP contribution < -0.4 is 5.73 Å². The van der Waals surface area contributed by atoms with Crippen LogP contribution >= 0.6 is 23.3 Å². The van der Waals surface area contributed by atoms with E-state index in [-0.39, 0.29) is 5.82 Å². The summed E-state index contributed by atoms with van der Waals surface area (Å²) in [6, 6.07) is 5.14. The summed E-state index contributed by atoms with van der Waals surface area (Å²) in [7, 11) is 0. The molecule has 0 bridgehead atoms. The maximum Gasteiger partial charge on any atom is 0.170 e. The van der Waals surface area contributed by atoms with Gasteiger partial charge in [0.1, 0.15) is 11.6 Å². The van der Waals surface area contributed by atoms with Crippen molar-refractivity contribution in [2.24, 2.45) is 5.73 Å². The minimum Gasteiger partial charge on any atom is -0.326 e. The molecule has 1 aromatic carbocycles. The van der Waals surface area contributed by atoms with E-state index in [1.54, 1.807) is 6.07 Å². The maximum absolute atomic E-state index is 13.7. The number of aromatic nitrogens is 2. The summed E-state index contributed by atoms with van der Waals surface area (Å²) >= 11 is 2.88. The summed E-state index contributed by atoms with van der Waals surface area (Å²) in [5.74, 6) is 1.21. The highest BCUT2D eigenvalue weighted by Crippen LogP contribution is 2.25. The Bertz CT molecular complexity index is 528. The highest BCUT2D eigenvalue weighted by Gasteiger charge is 2.07. The van der Waals surface area contributed by atoms with E-state index >= 15 is 0 Å². The first-order valence-electron chi connectivity index (χ1n) is 5.65. The largest absolute Gasteiger partial charge is 0.326 e. The van der Waals surface area contributed by atoms with Gasteiger partial charge in [0.15, 0.2) is 4.34 Å². The molecule has 0 aliphatic rings. The fourth-order valence-corrected chi connectivity index (χ4v) is 3.10. The summed E-state index contributed by atoms with van der Waals surface area (Å²) in [5.41, 5.74) is 6.95. The zero-order valence-electron chi connectivity index (χ0n) is 10.0. The molecule has 0 atom stereocenters. The Balaban J connectivity index is 2.01. The standard InChI is InChI=1S/C12H14FN3S2/c1-2-11-15-12(18-16-11)17-7-9-4-3-8(6-14)5-10(9)13/h3-5H,2,6-7,14H2,1H3. The average Bonchev–Trinajstić information content (AvgIpc) is 2.85. The molecule has 2 aromatic rings. The lowest BCUT2D eigenvalue weighted by Gasteiger charge is -2.03. The molecule has 18 heavy (non-hydrogen) atoms. The highest BCUT2D eigenvalue weighted by atomic mass is 32.2. The summed E-state index contributed by atoms with van der Waals surface area (Å²) in [6.45, 7) is 2.38. The summed E-state index contributed by atoms with van der Waals surface area (Å²) in [4.78, 5) is 4.34. The van der Waals surface area contributed by atoms with Crippen LogP contribution in [0.2, 0.25) is 0 Å². The number of benzene rings is 1. The Labute approximate surface area is 114 Å². The molecule has 0 radical (unpaired) electrons. The van der Waals surface area contributed by atoms with Crippen molar-refractivity contribution in [3.8, 4) is 0 Å². The molecular weight excluding hydrogens is 269 g/mol. The number of rotatable bonds is 5. The number of hydrogen-bond acceptors (Lipinski definition) is 5. The molecule has 0 fully saturated rings. The molecule has 0 saturated heterocycles. The highest BCUT2D eigenvalue weighted by molar-refractivity contribution is 8.00. The number of halogens is 1. The maximum atomic E-state index is 13.7. The Morgan fingerprint density at radius 2 is 2.28 bits per heavy atom. The zero-order chi connectivity index (χ0) is 13.0. The molecule has 0 saturated carbocycles. The van der Waals surface area contributed by atoms with E-state index in [4.69, 9.17) is 5.73 Å². The molecule has 1 heterocycles. The number of aryl methyl sites for hydroxylation is 1. The van der Waals surface area contributed by atoms with E-state index in [0.717, 1.165) is 22.1 Å². The van der Waals surface area contributed by atoms with Gasteiger partial charge in [-0.2, -0.15) is 4.37 Å². The molecule has 3 nitrogen and oxygen atoms in total. The van der Waals surface area contributed by atoms with Gasteiger partial charge in [0.25, 0.3) is 0 Å². The van der Waals surface area contributed by atoms with Crippen LogP contribution in [0.5, 0.6) is 0 Å². The van der Waals surface area contributed by atoms with Crippen molar-refractivity contribution in [1.82, 2.24) is 9.36 Å². The number of hydrogen-bond donors (Lipinski definition) is 1. The fourth-order valence-electron chi connectivity index (χ4n) is 1.41. The van der Waals surface area contributed by atoms with E-state index in [2.05, 4.69) is 9.36 Å². The van der Waals surface area contributed by atoms with E-state index < -0.39 is 0 Å². The van der Waals surface area contributed by atoms with Crippen molar-refractivity contribution < 1.29 is 4.39 Å². The molecule has 2 N–H and O–H groups in total. The van der Waals surface area contributed by atoms with Gasteiger partial charge in [-0.1, -0.05) is 30.8 Å². The molecule has 0 amide bonds. The first-order chi connectivity index (χ1) is 8.72. The quantitative estimate of drug-likeness (QED) is 0.857. The predicted octanol–water partition coefficient (Wildman–Crippen LogP) is 2.99. The zero-order valence-corrected chi connectivity index (χ0v) is 11.7. The average molecular weight is 283 g/mol. The van der Waals surface area contributed by atoms with Gasteiger partial charge in [-0.15, -0.1) is 0 Å². The SMILES string of the molecule is CCc1nsc(SCc2ccc(CN)cc2F)n1. The second kappa shape index (κ2) is 6.26. The van der Waals surface area contributed by atoms with Gasteiger partial charge in [0.2, 0.25) is 0 Å². The third-order valence-electron chi connectivity index (χ3n) is 2.47. The molecule has 0 aliphatic heterocycles. The second-order valence-corrected chi connectivity index (χ2v) is 5.72. The molecular formula is C12H14FN3S2. The van der Waals surface area contributed by atoms with Crippen molar-refractivity contribution in [3.05, 3.63) is 41.0 Å². The topological polar surface area (TPSA) is 51.8 Å². The van der Waals surface area contributed by atoms with Crippen molar-refractivity contribution in [2.75, 3.05) is 0 Å². The third-order valence-corrected chi connectivity index (χ3v) is 4.39. The van der Waals surface area contributed by atoms with Crippen LogP contribution in [0.15, 0.2) is 22.5 Å². The normalized spacial score (nSPS) is 10.8. The molecule has 1 aromatic heterocycles. The third kappa shape index (κ3) is 3.28. The number of nitrogens with two attached hydrogens (primary N) is 1. The lowest BCUT2D eigenvalue weighted by molar-refractivity contribution is 0.615. The number of nitrogens with zero attached hydrogens (tertiary/aromatic N) is 2. The van der Waals surface area contributed by atoms with Crippen LogP contribution in [0.3, 0.4) is 0 Å². The Hall–Kier alpha value is -0.980. The van der Waals surface area contributed by atoms with Crippen LogP contribution in [0.25, 0.3) is 0 Å². The predicted molar refractivity (Wildman–Crippen MR) is 73.1 cm³/mol. The monoisotopic (exact) mass is 283 g/mol. The van der Waals surface area contributed by atoms with E-state index in [1.165, 1.54) is 29.4 Å². The van der Waals surface area contributed by atoms with Crippen LogP contribution in [-0.2, 0) is 18.7 Å². The first-order valence-corrected chi connectivity index (χ1v) is 7.41. The second-order valence-electron chi connectivity index (χ2n) is 3.75. The van der Waals surface area contributed by atoms with E-state index in [9.17, 15) is 4.39 Å². The molecule has 0 spiro atoms. The van der Waals surface area contributed by atoms with Crippen LogP contribution in [0.4, 0.5) is 4.39 Å². The minimum absolute atomic E-state index is 0.203. The van der Waals surface area contributed by atoms with Gasteiger partial charge in [-0.25, -0.2) is 9.37 Å². The van der Waals surface area contributed by atoms with Crippen molar-refractivity contribution in [1.29, 1.82) is 0 Å². The lowest BCUT2D eigenvalue weighted by Crippen LogP contribution is -1.98. The lowest BCUT2D eigenvalue weighted by atomic mass is 10.1. The molecule has 2 rings (SSSR count). The van der Waals surface area contributed by atoms with Gasteiger partial charge < -0.3 is 5.73 Å². The molecule has 0 unspecified atom stereocenters. The number of thioether (sulfide) groups is 1. The van der Waals surface area contributed by atoms with E-state index in [0.29, 0.717) is 17.9 Å². The van der Waals surface area contributed by atoms with E-state index in [1.807, 2.05) is 13.0 Å². The van der Waals surface area contributed by atoms with Crippen LogP contribution in [-0.4, -0.2) is 9.36 Å². The smallest absolute Gasteiger partial charge is 0.170 e. The minimum atomic E-state index is -0.203. The van der Waals surface area contributed by atoms with Gasteiger partial charge in [0.05, 0.1) is 0 Å². The summed E-state index contributed by atoms with van der Waals surface area (Å²) in [6.07, 6.45) is 0.830.